The van der Waals surface area contributed by atoms with Crippen molar-refractivity contribution in [3.63, 3.8) is 0 Å². The van der Waals surface area contributed by atoms with Crippen LogP contribution in [0.15, 0.2) is 65.1 Å². The molecular weight excluding hydrogens is 340 g/mol. The van der Waals surface area contributed by atoms with Gasteiger partial charge in [-0.05, 0) is 64.6 Å². The molecule has 0 unspecified atom stereocenters. The molecule has 0 aliphatic rings. The normalized spacial score (nSPS) is 11.9. The molecule has 0 bridgehead atoms. The average Bonchev–Trinajstić information content (AvgIpc) is 3.09. The van der Waals surface area contributed by atoms with Crippen molar-refractivity contribution >= 4 is 43.5 Å². The van der Waals surface area contributed by atoms with Crippen LogP contribution in [0.25, 0.3) is 43.5 Å². The maximum atomic E-state index is 6.42. The van der Waals surface area contributed by atoms with Gasteiger partial charge in [-0.1, -0.05) is 74.7 Å². The fourth-order valence-electron chi connectivity index (χ4n) is 4.69. The zero-order chi connectivity index (χ0) is 19.1. The van der Waals surface area contributed by atoms with Crippen LogP contribution in [0.3, 0.4) is 0 Å². The van der Waals surface area contributed by atoms with E-state index in [4.69, 9.17) is 4.42 Å². The number of hydrogen-bond donors (Lipinski definition) is 0. The summed E-state index contributed by atoms with van der Waals surface area (Å²) in [5.41, 5.74) is 4.71. The second-order valence-corrected chi connectivity index (χ2v) is 7.98. The third-order valence-corrected chi connectivity index (χ3v) is 6.08. The van der Waals surface area contributed by atoms with Crippen molar-refractivity contribution in [2.24, 2.45) is 0 Å². The van der Waals surface area contributed by atoms with E-state index in [9.17, 15) is 0 Å². The lowest BCUT2D eigenvalue weighted by molar-refractivity contribution is 0.660. The SMILES string of the molecule is CCCCCCc1cc2oc3cc(C)c4ccccc4c3c2c2ccccc12. The molecule has 0 saturated carbocycles. The molecule has 4 aromatic carbocycles. The second-order valence-electron chi connectivity index (χ2n) is 7.98. The highest BCUT2D eigenvalue weighted by Gasteiger charge is 2.16. The third kappa shape index (κ3) is 2.69. The zero-order valence-corrected chi connectivity index (χ0v) is 16.7. The van der Waals surface area contributed by atoms with Crippen LogP contribution in [0.4, 0.5) is 0 Å². The number of furan rings is 1. The molecule has 28 heavy (non-hydrogen) atoms. The van der Waals surface area contributed by atoms with E-state index >= 15 is 0 Å². The zero-order valence-electron chi connectivity index (χ0n) is 16.7. The Hall–Kier alpha value is -2.80. The van der Waals surface area contributed by atoms with E-state index in [1.807, 2.05) is 0 Å². The fourth-order valence-corrected chi connectivity index (χ4v) is 4.69. The number of hydrogen-bond acceptors (Lipinski definition) is 1. The van der Waals surface area contributed by atoms with Crippen LogP contribution in [0.1, 0.15) is 43.7 Å². The molecule has 0 spiro atoms. The fraction of sp³-hybridized carbons (Fsp3) is 0.259. The molecule has 0 saturated heterocycles. The molecule has 0 atom stereocenters. The van der Waals surface area contributed by atoms with Gasteiger partial charge < -0.3 is 4.42 Å². The Balaban J connectivity index is 1.83. The Morgan fingerprint density at radius 1 is 0.679 bits per heavy atom. The molecular formula is C27H26O. The maximum absolute atomic E-state index is 6.42. The van der Waals surface area contributed by atoms with Crippen molar-refractivity contribution in [1.82, 2.24) is 0 Å². The predicted molar refractivity (Wildman–Crippen MR) is 121 cm³/mol. The van der Waals surface area contributed by atoms with Crippen LogP contribution >= 0.6 is 0 Å². The van der Waals surface area contributed by atoms with Crippen LogP contribution in [-0.2, 0) is 6.42 Å². The van der Waals surface area contributed by atoms with Crippen LogP contribution < -0.4 is 0 Å². The van der Waals surface area contributed by atoms with Gasteiger partial charge in [0.1, 0.15) is 11.2 Å². The molecule has 5 aromatic rings. The summed E-state index contributed by atoms with van der Waals surface area (Å²) in [5.74, 6) is 0. The van der Waals surface area contributed by atoms with E-state index in [-0.39, 0.29) is 0 Å². The van der Waals surface area contributed by atoms with Crippen LogP contribution in [-0.4, -0.2) is 0 Å². The van der Waals surface area contributed by atoms with Crippen LogP contribution in [0.2, 0.25) is 0 Å². The first kappa shape index (κ1) is 17.3. The van der Waals surface area contributed by atoms with E-state index in [0.29, 0.717) is 0 Å². The van der Waals surface area contributed by atoms with E-state index in [2.05, 4.69) is 74.5 Å². The Morgan fingerprint density at radius 2 is 1.29 bits per heavy atom. The van der Waals surface area contributed by atoms with Gasteiger partial charge in [0.25, 0.3) is 0 Å². The number of unbranched alkanes of at least 4 members (excludes halogenated alkanes) is 3. The lowest BCUT2D eigenvalue weighted by Gasteiger charge is -2.09. The Bertz CT molecular complexity index is 1310. The largest absolute Gasteiger partial charge is 0.456 e. The first-order valence-corrected chi connectivity index (χ1v) is 10.5. The predicted octanol–water partition coefficient (Wildman–Crippen LogP) is 8.32. The van der Waals surface area contributed by atoms with Gasteiger partial charge in [0.15, 0.2) is 0 Å². The monoisotopic (exact) mass is 366 g/mol. The summed E-state index contributed by atoms with van der Waals surface area (Å²) in [5, 5.41) is 7.81. The quantitative estimate of drug-likeness (QED) is 0.285. The number of aryl methyl sites for hydroxylation is 2. The van der Waals surface area contributed by atoms with Gasteiger partial charge in [0.2, 0.25) is 0 Å². The molecule has 1 nitrogen and oxygen atoms in total. The van der Waals surface area contributed by atoms with E-state index in [1.165, 1.54) is 69.1 Å². The third-order valence-electron chi connectivity index (χ3n) is 6.08. The minimum Gasteiger partial charge on any atom is -0.456 e. The van der Waals surface area contributed by atoms with Crippen molar-refractivity contribution in [3.8, 4) is 0 Å². The Morgan fingerprint density at radius 3 is 2.00 bits per heavy atom. The number of benzene rings is 4. The topological polar surface area (TPSA) is 13.1 Å². The van der Waals surface area contributed by atoms with Crippen molar-refractivity contribution < 1.29 is 4.42 Å². The van der Waals surface area contributed by atoms with Gasteiger partial charge in [-0.15, -0.1) is 0 Å². The first-order valence-electron chi connectivity index (χ1n) is 10.5. The van der Waals surface area contributed by atoms with Crippen molar-refractivity contribution in [2.75, 3.05) is 0 Å². The van der Waals surface area contributed by atoms with Crippen molar-refractivity contribution in [3.05, 3.63) is 71.8 Å². The highest BCUT2D eigenvalue weighted by Crippen LogP contribution is 2.41. The summed E-state index contributed by atoms with van der Waals surface area (Å²) < 4.78 is 6.42. The lowest BCUT2D eigenvalue weighted by atomic mass is 9.94. The summed E-state index contributed by atoms with van der Waals surface area (Å²) in [6.45, 7) is 4.44. The van der Waals surface area contributed by atoms with Crippen molar-refractivity contribution in [2.45, 2.75) is 46.0 Å². The van der Waals surface area contributed by atoms with Crippen LogP contribution in [0, 0.1) is 6.92 Å². The minimum atomic E-state index is 1.000. The second kappa shape index (κ2) is 6.98. The van der Waals surface area contributed by atoms with Gasteiger partial charge in [0.05, 0.1) is 0 Å². The molecule has 5 rings (SSSR count). The average molecular weight is 367 g/mol. The van der Waals surface area contributed by atoms with Gasteiger partial charge in [0, 0.05) is 10.8 Å². The standard InChI is InChI=1S/C27H26O/c1-3-4-5-6-11-19-17-25-27(23-15-10-8-13-21(19)23)26-22-14-9-7-12-20(22)18(2)16-24(26)28-25/h7-10,12-17H,3-6,11H2,1-2H3. The van der Waals surface area contributed by atoms with Gasteiger partial charge in [-0.3, -0.25) is 0 Å². The van der Waals surface area contributed by atoms with E-state index in [0.717, 1.165) is 17.6 Å². The van der Waals surface area contributed by atoms with Gasteiger partial charge >= 0.3 is 0 Å². The minimum absolute atomic E-state index is 1.000. The molecule has 1 aromatic heterocycles. The Kier molecular flexibility index (Phi) is 4.31. The van der Waals surface area contributed by atoms with Crippen molar-refractivity contribution in [1.29, 1.82) is 0 Å². The summed E-state index contributed by atoms with van der Waals surface area (Å²) in [4.78, 5) is 0. The molecule has 1 heteroatoms. The summed E-state index contributed by atoms with van der Waals surface area (Å²) >= 11 is 0. The highest BCUT2D eigenvalue weighted by atomic mass is 16.3. The Labute approximate surface area is 166 Å². The van der Waals surface area contributed by atoms with E-state index in [1.54, 1.807) is 0 Å². The summed E-state index contributed by atoms with van der Waals surface area (Å²) in [6, 6.07) is 22.0. The maximum Gasteiger partial charge on any atom is 0.136 e. The molecule has 140 valence electrons. The number of fused-ring (bicyclic) bond motifs is 7. The first-order chi connectivity index (χ1) is 13.8. The molecule has 0 amide bonds. The molecule has 0 radical (unpaired) electrons. The summed E-state index contributed by atoms with van der Waals surface area (Å²) in [7, 11) is 0. The molecule has 0 N–H and O–H groups in total. The van der Waals surface area contributed by atoms with E-state index < -0.39 is 0 Å². The van der Waals surface area contributed by atoms with Gasteiger partial charge in [-0.25, -0.2) is 0 Å². The lowest BCUT2D eigenvalue weighted by Crippen LogP contribution is -1.89. The van der Waals surface area contributed by atoms with Crippen LogP contribution in [0.5, 0.6) is 0 Å². The smallest absolute Gasteiger partial charge is 0.136 e. The molecule has 0 aliphatic carbocycles. The molecule has 0 fully saturated rings. The molecule has 1 heterocycles. The molecule has 0 aliphatic heterocycles. The van der Waals surface area contributed by atoms with Gasteiger partial charge in [-0.2, -0.15) is 0 Å². The highest BCUT2D eigenvalue weighted by molar-refractivity contribution is 6.27. The number of rotatable bonds is 5. The summed E-state index contributed by atoms with van der Waals surface area (Å²) in [6.07, 6.45) is 6.25.